The maximum absolute atomic E-state index is 14.1. The van der Waals surface area contributed by atoms with E-state index in [0.29, 0.717) is 27.8 Å². The molecule has 8 heteroatoms. The number of halogens is 1. The molecule has 2 fully saturated rings. The van der Waals surface area contributed by atoms with Gasteiger partial charge in [-0.2, -0.15) is 0 Å². The number of imide groups is 1. The Bertz CT molecular complexity index is 1660. The smallest absolute Gasteiger partial charge is 0.241 e. The number of carbonyl (C=O) groups excluding carboxylic acids is 4. The van der Waals surface area contributed by atoms with E-state index in [4.69, 9.17) is 21.1 Å². The Hall–Kier alpha value is -4.59. The molecule has 2 saturated heterocycles. The summed E-state index contributed by atoms with van der Waals surface area (Å²) in [6.07, 6.45) is -0.956. The number of hydrogen-bond donors (Lipinski definition) is 0. The van der Waals surface area contributed by atoms with E-state index >= 15 is 0 Å². The minimum atomic E-state index is -2.10. The third-order valence-corrected chi connectivity index (χ3v) is 8.04. The van der Waals surface area contributed by atoms with Gasteiger partial charge in [-0.15, -0.1) is 0 Å². The Morgan fingerprint density at radius 2 is 1.23 bits per heavy atom. The number of hydrogen-bond acceptors (Lipinski definition) is 6. The average molecular weight is 550 g/mol. The fraction of sp³-hybridized carbons (Fsp3) is 0.125. The van der Waals surface area contributed by atoms with Crippen molar-refractivity contribution in [2.45, 2.75) is 11.7 Å². The van der Waals surface area contributed by atoms with Gasteiger partial charge in [0.15, 0.2) is 0 Å². The van der Waals surface area contributed by atoms with Crippen LogP contribution in [0, 0.1) is 11.8 Å². The van der Waals surface area contributed by atoms with E-state index in [1.165, 1.54) is 0 Å². The molecular weight excluding hydrogens is 530 g/mol. The molecule has 1 aliphatic carbocycles. The lowest BCUT2D eigenvalue weighted by Gasteiger charge is -2.27. The molecule has 0 aromatic heterocycles. The maximum Gasteiger partial charge on any atom is 0.241 e. The van der Waals surface area contributed by atoms with Gasteiger partial charge in [0, 0.05) is 16.1 Å². The molecule has 4 aromatic rings. The van der Waals surface area contributed by atoms with Crippen molar-refractivity contribution in [3.63, 3.8) is 0 Å². The van der Waals surface area contributed by atoms with Crippen molar-refractivity contribution >= 4 is 40.7 Å². The first-order chi connectivity index (χ1) is 19.4. The Labute approximate surface area is 233 Å². The van der Waals surface area contributed by atoms with E-state index in [1.807, 2.05) is 6.07 Å². The number of Topliss-reactive ketones (excluding diaryl/α,β-unsaturated/α-hetero) is 2. The number of fused-ring (bicyclic) bond motifs is 3. The van der Waals surface area contributed by atoms with Gasteiger partial charge >= 0.3 is 0 Å². The van der Waals surface area contributed by atoms with Crippen molar-refractivity contribution in [3.05, 3.63) is 125 Å². The molecule has 0 saturated carbocycles. The summed E-state index contributed by atoms with van der Waals surface area (Å²) in [5.74, 6) is -3.64. The molecule has 7 nitrogen and oxygen atoms in total. The molecule has 2 heterocycles. The molecule has 40 heavy (non-hydrogen) atoms. The van der Waals surface area contributed by atoms with Crippen LogP contribution in [0.2, 0.25) is 5.02 Å². The van der Waals surface area contributed by atoms with Crippen LogP contribution in [-0.4, -0.2) is 29.0 Å². The minimum Gasteiger partial charge on any atom is -0.457 e. The van der Waals surface area contributed by atoms with Gasteiger partial charge in [-0.1, -0.05) is 66.2 Å². The van der Waals surface area contributed by atoms with Gasteiger partial charge in [0.2, 0.25) is 29.0 Å². The van der Waals surface area contributed by atoms with E-state index < -0.39 is 46.9 Å². The second-order valence-corrected chi connectivity index (χ2v) is 10.4. The summed E-state index contributed by atoms with van der Waals surface area (Å²) in [7, 11) is 0. The second-order valence-electron chi connectivity index (χ2n) is 9.95. The SMILES string of the molecule is O=C1[C@@H]2[C@@H](C(=O)N1c1ccc(Oc3ccc(Cl)cc3)cc1)C1(O[C@H]2c2ccccc2)C(=O)c2ccccc2C1=O. The minimum absolute atomic E-state index is 0.197. The third-order valence-electron chi connectivity index (χ3n) is 7.79. The van der Waals surface area contributed by atoms with Crippen LogP contribution < -0.4 is 9.64 Å². The lowest BCUT2D eigenvalue weighted by molar-refractivity contribution is -0.127. The number of ketones is 2. The Morgan fingerprint density at radius 3 is 1.82 bits per heavy atom. The summed E-state index contributed by atoms with van der Waals surface area (Å²) < 4.78 is 12.1. The summed E-state index contributed by atoms with van der Waals surface area (Å²) in [5, 5.41) is 0.581. The first-order valence-corrected chi connectivity index (χ1v) is 13.1. The fourth-order valence-electron chi connectivity index (χ4n) is 6.02. The highest BCUT2D eigenvalue weighted by Crippen LogP contribution is 2.57. The molecular formula is C32H20ClNO6. The average Bonchev–Trinajstić information content (AvgIpc) is 3.55. The van der Waals surface area contributed by atoms with E-state index in [1.54, 1.807) is 97.1 Å². The molecule has 1 spiro atoms. The highest BCUT2D eigenvalue weighted by molar-refractivity contribution is 6.37. The van der Waals surface area contributed by atoms with Crippen LogP contribution in [0.15, 0.2) is 103 Å². The highest BCUT2D eigenvalue weighted by atomic mass is 35.5. The molecule has 3 atom stereocenters. The van der Waals surface area contributed by atoms with E-state index in [9.17, 15) is 19.2 Å². The molecule has 0 radical (unpaired) electrons. The standard InChI is InChI=1S/C32H20ClNO6/c33-19-10-14-21(15-11-19)39-22-16-12-20(13-17-22)34-30(37)25-26(31(34)38)32(40-27(25)18-6-2-1-3-7-18)28(35)23-8-4-5-9-24(23)29(32)36/h1-17,25-27H/t25-,26+,27+/m1/s1. The van der Waals surface area contributed by atoms with Crippen LogP contribution in [-0.2, 0) is 14.3 Å². The van der Waals surface area contributed by atoms with Crippen molar-refractivity contribution in [3.8, 4) is 11.5 Å². The zero-order valence-corrected chi connectivity index (χ0v) is 21.6. The monoisotopic (exact) mass is 549 g/mol. The number of nitrogens with zero attached hydrogens (tertiary/aromatic N) is 1. The molecule has 0 N–H and O–H groups in total. The van der Waals surface area contributed by atoms with E-state index in [-0.39, 0.29) is 11.1 Å². The Morgan fingerprint density at radius 1 is 0.675 bits per heavy atom. The summed E-state index contributed by atoms with van der Waals surface area (Å²) in [6, 6.07) is 28.7. The van der Waals surface area contributed by atoms with Crippen molar-refractivity contribution in [2.24, 2.45) is 11.8 Å². The predicted molar refractivity (Wildman–Crippen MR) is 146 cm³/mol. The van der Waals surface area contributed by atoms with Gasteiger partial charge in [0.25, 0.3) is 0 Å². The quantitative estimate of drug-likeness (QED) is 0.235. The van der Waals surface area contributed by atoms with Gasteiger partial charge in [-0.3, -0.25) is 19.2 Å². The molecule has 0 unspecified atom stereocenters. The highest BCUT2D eigenvalue weighted by Gasteiger charge is 2.74. The lowest BCUT2D eigenvalue weighted by atomic mass is 9.77. The number of ether oxygens (including phenoxy) is 2. The number of anilines is 1. The Balaban J connectivity index is 1.28. The molecule has 4 aromatic carbocycles. The first-order valence-electron chi connectivity index (χ1n) is 12.7. The van der Waals surface area contributed by atoms with Crippen LogP contribution in [0.25, 0.3) is 0 Å². The zero-order chi connectivity index (χ0) is 27.6. The largest absolute Gasteiger partial charge is 0.457 e. The summed E-state index contributed by atoms with van der Waals surface area (Å²) in [6.45, 7) is 0. The normalized spacial score (nSPS) is 22.6. The molecule has 3 aliphatic rings. The molecule has 2 amide bonds. The van der Waals surface area contributed by atoms with Crippen molar-refractivity contribution in [1.82, 2.24) is 0 Å². The molecule has 2 aliphatic heterocycles. The molecule has 196 valence electrons. The third kappa shape index (κ3) is 3.41. The van der Waals surface area contributed by atoms with Crippen molar-refractivity contribution in [1.29, 1.82) is 0 Å². The van der Waals surface area contributed by atoms with Gasteiger partial charge in [0.05, 0.1) is 23.6 Å². The van der Waals surface area contributed by atoms with Crippen LogP contribution in [0.3, 0.4) is 0 Å². The van der Waals surface area contributed by atoms with E-state index in [0.717, 1.165) is 4.90 Å². The summed E-state index contributed by atoms with van der Waals surface area (Å²) >= 11 is 5.94. The number of amides is 2. The Kier molecular flexibility index (Phi) is 5.49. The van der Waals surface area contributed by atoms with Gasteiger partial charge < -0.3 is 9.47 Å². The number of benzene rings is 4. The van der Waals surface area contributed by atoms with Crippen molar-refractivity contribution in [2.75, 3.05) is 4.90 Å². The van der Waals surface area contributed by atoms with Gasteiger partial charge in [0.1, 0.15) is 11.5 Å². The predicted octanol–water partition coefficient (Wildman–Crippen LogP) is 5.83. The summed E-state index contributed by atoms with van der Waals surface area (Å²) in [5.41, 5.74) is -0.788. The van der Waals surface area contributed by atoms with Gasteiger partial charge in [-0.05, 0) is 54.1 Å². The van der Waals surface area contributed by atoms with Crippen molar-refractivity contribution < 1.29 is 28.7 Å². The topological polar surface area (TPSA) is 90.0 Å². The lowest BCUT2D eigenvalue weighted by Crippen LogP contribution is -2.51. The fourth-order valence-corrected chi connectivity index (χ4v) is 6.14. The summed E-state index contributed by atoms with van der Waals surface area (Å²) in [4.78, 5) is 56.8. The van der Waals surface area contributed by atoms with E-state index in [2.05, 4.69) is 0 Å². The first kappa shape index (κ1) is 24.5. The second kappa shape index (κ2) is 8.98. The van der Waals surface area contributed by atoms with Crippen LogP contribution in [0.4, 0.5) is 5.69 Å². The number of carbonyl (C=O) groups is 4. The molecule has 7 rings (SSSR count). The van der Waals surface area contributed by atoms with Crippen LogP contribution in [0.5, 0.6) is 11.5 Å². The number of rotatable bonds is 4. The maximum atomic E-state index is 14.1. The van der Waals surface area contributed by atoms with Gasteiger partial charge in [-0.25, -0.2) is 4.90 Å². The van der Waals surface area contributed by atoms with Crippen LogP contribution >= 0.6 is 11.6 Å². The molecule has 0 bridgehead atoms. The zero-order valence-electron chi connectivity index (χ0n) is 20.8. The van der Waals surface area contributed by atoms with Crippen LogP contribution in [0.1, 0.15) is 32.4 Å².